The normalized spacial score (nSPS) is 10.3. The van der Waals surface area contributed by atoms with Gasteiger partial charge in [0.15, 0.2) is 0 Å². The Kier molecular flexibility index (Phi) is 6.04. The van der Waals surface area contributed by atoms with E-state index in [4.69, 9.17) is 0 Å². The molecule has 23 heavy (non-hydrogen) atoms. The number of amides is 2. The number of anilines is 3. The van der Waals surface area contributed by atoms with E-state index < -0.39 is 0 Å². The van der Waals surface area contributed by atoms with Gasteiger partial charge in [-0.3, -0.25) is 0 Å². The maximum absolute atomic E-state index is 12.1. The van der Waals surface area contributed by atoms with Crippen LogP contribution in [0.2, 0.25) is 0 Å². The molecule has 2 N–H and O–H groups in total. The number of urea groups is 1. The minimum Gasteiger partial charge on any atom is -0.372 e. The summed E-state index contributed by atoms with van der Waals surface area (Å²) in [5.41, 5.74) is 3.78. The number of carbonyl (C=O) groups is 1. The third-order valence-corrected chi connectivity index (χ3v) is 4.22. The molecule has 0 aliphatic carbocycles. The molecule has 4 nitrogen and oxygen atoms in total. The van der Waals surface area contributed by atoms with Crippen LogP contribution in [0.1, 0.15) is 19.4 Å². The lowest BCUT2D eigenvalue weighted by atomic mass is 10.1. The van der Waals surface area contributed by atoms with Crippen molar-refractivity contribution in [2.75, 3.05) is 28.6 Å². The smallest absolute Gasteiger partial charge is 0.323 e. The number of carbonyl (C=O) groups excluding carboxylic acids is 1. The summed E-state index contributed by atoms with van der Waals surface area (Å²) in [5, 5.41) is 5.72. The van der Waals surface area contributed by atoms with Gasteiger partial charge in [0.1, 0.15) is 0 Å². The Morgan fingerprint density at radius 3 is 2.26 bits per heavy atom. The molecule has 2 aromatic carbocycles. The number of aryl methyl sites for hydroxylation is 1. The lowest BCUT2D eigenvalue weighted by Gasteiger charge is -2.22. The predicted molar refractivity (Wildman–Crippen MR) is 102 cm³/mol. The van der Waals surface area contributed by atoms with Crippen molar-refractivity contribution in [2.24, 2.45) is 0 Å². The number of halogens is 1. The van der Waals surface area contributed by atoms with Crippen LogP contribution >= 0.6 is 15.9 Å². The highest BCUT2D eigenvalue weighted by Crippen LogP contribution is 2.23. The van der Waals surface area contributed by atoms with Gasteiger partial charge in [-0.15, -0.1) is 0 Å². The number of nitrogens with one attached hydrogen (secondary N) is 2. The van der Waals surface area contributed by atoms with Gasteiger partial charge < -0.3 is 15.5 Å². The second-order valence-electron chi connectivity index (χ2n) is 5.26. The average molecular weight is 376 g/mol. The van der Waals surface area contributed by atoms with Crippen LogP contribution in [0.5, 0.6) is 0 Å². The van der Waals surface area contributed by atoms with Crippen LogP contribution in [0.4, 0.5) is 21.9 Å². The molecule has 0 spiro atoms. The molecule has 0 aromatic heterocycles. The fourth-order valence-electron chi connectivity index (χ4n) is 2.39. The number of benzene rings is 2. The molecule has 0 atom stereocenters. The Labute approximate surface area is 146 Å². The zero-order valence-electron chi connectivity index (χ0n) is 13.7. The van der Waals surface area contributed by atoms with E-state index >= 15 is 0 Å². The zero-order valence-corrected chi connectivity index (χ0v) is 15.3. The molecule has 2 amide bonds. The number of hydrogen-bond donors (Lipinski definition) is 2. The van der Waals surface area contributed by atoms with Crippen molar-refractivity contribution in [3.05, 3.63) is 52.5 Å². The van der Waals surface area contributed by atoms with E-state index in [1.54, 1.807) is 0 Å². The van der Waals surface area contributed by atoms with Gasteiger partial charge in [0, 0.05) is 34.6 Å². The van der Waals surface area contributed by atoms with Gasteiger partial charge in [0.25, 0.3) is 0 Å². The van der Waals surface area contributed by atoms with E-state index in [9.17, 15) is 4.79 Å². The highest BCUT2D eigenvalue weighted by molar-refractivity contribution is 9.10. The second kappa shape index (κ2) is 8.02. The van der Waals surface area contributed by atoms with E-state index in [0.29, 0.717) is 0 Å². The topological polar surface area (TPSA) is 44.4 Å². The summed E-state index contributed by atoms with van der Waals surface area (Å²) < 4.78 is 0.978. The Balaban J connectivity index is 2.04. The lowest BCUT2D eigenvalue weighted by molar-refractivity contribution is 0.262. The van der Waals surface area contributed by atoms with Crippen LogP contribution in [-0.2, 0) is 0 Å². The number of hydrogen-bond acceptors (Lipinski definition) is 2. The Bertz CT molecular complexity index is 666. The predicted octanol–water partition coefficient (Wildman–Crippen LogP) is 5.25. The summed E-state index contributed by atoms with van der Waals surface area (Å²) in [7, 11) is 0. The molecule has 0 aliphatic rings. The number of rotatable bonds is 5. The minimum atomic E-state index is -0.244. The molecule has 0 bridgehead atoms. The first-order valence-electron chi connectivity index (χ1n) is 7.72. The molecule has 0 unspecified atom stereocenters. The minimum absolute atomic E-state index is 0.244. The first kappa shape index (κ1) is 17.3. The summed E-state index contributed by atoms with van der Waals surface area (Å²) >= 11 is 3.37. The molecular weight excluding hydrogens is 354 g/mol. The van der Waals surface area contributed by atoms with Crippen LogP contribution in [0, 0.1) is 6.92 Å². The fourth-order valence-corrected chi connectivity index (χ4v) is 2.66. The molecule has 0 radical (unpaired) electrons. The zero-order chi connectivity index (χ0) is 16.8. The van der Waals surface area contributed by atoms with E-state index in [1.165, 1.54) is 5.69 Å². The van der Waals surface area contributed by atoms with Crippen molar-refractivity contribution >= 4 is 39.0 Å². The van der Waals surface area contributed by atoms with Crippen LogP contribution in [0.3, 0.4) is 0 Å². The van der Waals surface area contributed by atoms with E-state index in [0.717, 1.165) is 34.5 Å². The maximum Gasteiger partial charge on any atom is 0.323 e. The average Bonchev–Trinajstić information content (AvgIpc) is 2.53. The molecule has 2 aromatic rings. The highest BCUT2D eigenvalue weighted by atomic mass is 79.9. The summed E-state index contributed by atoms with van der Waals surface area (Å²) in [6.45, 7) is 8.20. The van der Waals surface area contributed by atoms with Gasteiger partial charge in [0.2, 0.25) is 0 Å². The largest absolute Gasteiger partial charge is 0.372 e. The van der Waals surface area contributed by atoms with Crippen molar-refractivity contribution in [3.8, 4) is 0 Å². The van der Waals surface area contributed by atoms with Crippen LogP contribution < -0.4 is 15.5 Å². The molecule has 5 heteroatoms. The molecule has 0 saturated heterocycles. The Morgan fingerprint density at radius 2 is 1.70 bits per heavy atom. The molecule has 0 saturated carbocycles. The Morgan fingerprint density at radius 1 is 1.04 bits per heavy atom. The summed E-state index contributed by atoms with van der Waals surface area (Å²) in [5.74, 6) is 0. The third kappa shape index (κ3) is 4.73. The lowest BCUT2D eigenvalue weighted by Crippen LogP contribution is -2.22. The van der Waals surface area contributed by atoms with Crippen molar-refractivity contribution in [1.82, 2.24) is 0 Å². The monoisotopic (exact) mass is 375 g/mol. The quantitative estimate of drug-likeness (QED) is 0.749. The first-order valence-corrected chi connectivity index (χ1v) is 8.52. The van der Waals surface area contributed by atoms with E-state index in [2.05, 4.69) is 51.4 Å². The van der Waals surface area contributed by atoms with Gasteiger partial charge >= 0.3 is 6.03 Å². The van der Waals surface area contributed by atoms with E-state index in [1.807, 2.05) is 43.3 Å². The van der Waals surface area contributed by atoms with Crippen LogP contribution in [-0.4, -0.2) is 19.1 Å². The van der Waals surface area contributed by atoms with Crippen molar-refractivity contribution in [3.63, 3.8) is 0 Å². The molecule has 2 rings (SSSR count). The first-order chi connectivity index (χ1) is 11.0. The summed E-state index contributed by atoms with van der Waals surface area (Å²) in [4.78, 5) is 14.4. The standard InChI is InChI=1S/C18H22BrN3O/c1-4-22(5-2)16-10-11-17(13(3)12-16)21-18(23)20-15-8-6-14(19)7-9-15/h6-12H,4-5H2,1-3H3,(H2,20,21,23). The van der Waals surface area contributed by atoms with E-state index in [-0.39, 0.29) is 6.03 Å². The van der Waals surface area contributed by atoms with Gasteiger partial charge in [-0.05, 0) is 68.8 Å². The molecule has 0 heterocycles. The SMILES string of the molecule is CCN(CC)c1ccc(NC(=O)Nc2ccc(Br)cc2)c(C)c1. The Hall–Kier alpha value is -2.01. The van der Waals surface area contributed by atoms with Crippen molar-refractivity contribution in [2.45, 2.75) is 20.8 Å². The number of nitrogens with zero attached hydrogens (tertiary/aromatic N) is 1. The third-order valence-electron chi connectivity index (χ3n) is 3.69. The second-order valence-corrected chi connectivity index (χ2v) is 6.17. The van der Waals surface area contributed by atoms with Crippen LogP contribution in [0.25, 0.3) is 0 Å². The van der Waals surface area contributed by atoms with Gasteiger partial charge in [-0.25, -0.2) is 4.79 Å². The molecule has 122 valence electrons. The molecule has 0 aliphatic heterocycles. The van der Waals surface area contributed by atoms with Crippen molar-refractivity contribution in [1.29, 1.82) is 0 Å². The van der Waals surface area contributed by atoms with Crippen LogP contribution in [0.15, 0.2) is 46.9 Å². The van der Waals surface area contributed by atoms with Crippen molar-refractivity contribution < 1.29 is 4.79 Å². The highest BCUT2D eigenvalue weighted by Gasteiger charge is 2.08. The molecule has 0 fully saturated rings. The maximum atomic E-state index is 12.1. The summed E-state index contributed by atoms with van der Waals surface area (Å²) in [6, 6.07) is 13.3. The molecular formula is C18H22BrN3O. The van der Waals surface area contributed by atoms with Gasteiger partial charge in [0.05, 0.1) is 0 Å². The van der Waals surface area contributed by atoms with Gasteiger partial charge in [-0.1, -0.05) is 15.9 Å². The van der Waals surface area contributed by atoms with Gasteiger partial charge in [-0.2, -0.15) is 0 Å². The fraction of sp³-hybridized carbons (Fsp3) is 0.278. The summed E-state index contributed by atoms with van der Waals surface area (Å²) in [6.07, 6.45) is 0.